The zero-order chi connectivity index (χ0) is 27.9. The summed E-state index contributed by atoms with van der Waals surface area (Å²) >= 11 is 0. The van der Waals surface area contributed by atoms with Crippen molar-refractivity contribution < 1.29 is 19.2 Å². The van der Waals surface area contributed by atoms with Gasteiger partial charge in [0.2, 0.25) is 5.91 Å². The van der Waals surface area contributed by atoms with Crippen LogP contribution in [0.4, 0.5) is 5.69 Å². The molecule has 1 N–H and O–H groups in total. The molecule has 0 bridgehead atoms. The molecule has 0 aliphatic heterocycles. The molecule has 0 aliphatic rings. The molecule has 4 rings (SSSR count). The molecule has 0 saturated carbocycles. The molecule has 3 aromatic carbocycles. The first-order chi connectivity index (χ1) is 18.8. The quantitative estimate of drug-likeness (QED) is 0.212. The van der Waals surface area contributed by atoms with Crippen molar-refractivity contribution >= 4 is 28.4 Å². The zero-order valence-electron chi connectivity index (χ0n) is 22.3. The fraction of sp³-hybridized carbons (Fsp3) is 0.267. The third-order valence-corrected chi connectivity index (χ3v) is 6.75. The molecule has 0 saturated heterocycles. The van der Waals surface area contributed by atoms with Crippen LogP contribution >= 0.6 is 0 Å². The number of nitro benzene ring substituents is 1. The highest BCUT2D eigenvalue weighted by molar-refractivity contribution is 5.97. The Morgan fingerprint density at radius 1 is 0.974 bits per heavy atom. The number of hydrogen-bond acceptors (Lipinski definition) is 5. The SMILES string of the molecule is COc1ccccc1CN(CCc1c[nH]c2ccccc12)C(=O)CN(C(=O)c1ccc([N+](=O)[O-])cc1)C(C)C. The van der Waals surface area contributed by atoms with E-state index in [9.17, 15) is 19.7 Å². The van der Waals surface area contributed by atoms with E-state index in [4.69, 9.17) is 4.74 Å². The van der Waals surface area contributed by atoms with Crippen molar-refractivity contribution in [1.82, 2.24) is 14.8 Å². The lowest BCUT2D eigenvalue weighted by atomic mass is 10.1. The molecular weight excluding hydrogens is 496 g/mol. The molecule has 9 heteroatoms. The van der Waals surface area contributed by atoms with Gasteiger partial charge >= 0.3 is 0 Å². The van der Waals surface area contributed by atoms with Crippen LogP contribution in [0.3, 0.4) is 0 Å². The van der Waals surface area contributed by atoms with Crippen molar-refractivity contribution in [2.24, 2.45) is 0 Å². The molecule has 0 unspecified atom stereocenters. The summed E-state index contributed by atoms with van der Waals surface area (Å²) in [6.45, 7) is 4.32. The van der Waals surface area contributed by atoms with Gasteiger partial charge in [0, 0.05) is 59.5 Å². The lowest BCUT2D eigenvalue weighted by molar-refractivity contribution is -0.384. The average Bonchev–Trinajstić information content (AvgIpc) is 3.36. The van der Waals surface area contributed by atoms with Crippen LogP contribution in [-0.2, 0) is 17.8 Å². The minimum absolute atomic E-state index is 0.0982. The van der Waals surface area contributed by atoms with Crippen LogP contribution in [0.25, 0.3) is 10.9 Å². The standard InChI is InChI=1S/C30H32N4O5/c1-21(2)33(30(36)22-12-14-25(15-13-22)34(37)38)20-29(35)32(19-24-8-4-7-11-28(24)39-3)17-16-23-18-31-27-10-6-5-9-26(23)27/h4-15,18,21,31H,16-17,19-20H2,1-3H3. The first-order valence-corrected chi connectivity index (χ1v) is 12.8. The number of methoxy groups -OCH3 is 1. The van der Waals surface area contributed by atoms with Crippen molar-refractivity contribution in [3.8, 4) is 5.75 Å². The van der Waals surface area contributed by atoms with Gasteiger partial charge in [-0.2, -0.15) is 0 Å². The van der Waals surface area contributed by atoms with Gasteiger partial charge in [-0.15, -0.1) is 0 Å². The summed E-state index contributed by atoms with van der Waals surface area (Å²) in [7, 11) is 1.60. The number of carbonyl (C=O) groups excluding carboxylic acids is 2. The van der Waals surface area contributed by atoms with Crippen molar-refractivity contribution in [1.29, 1.82) is 0 Å². The second-order valence-corrected chi connectivity index (χ2v) is 9.57. The molecule has 39 heavy (non-hydrogen) atoms. The van der Waals surface area contributed by atoms with E-state index in [0.717, 1.165) is 22.0 Å². The zero-order valence-corrected chi connectivity index (χ0v) is 22.3. The molecule has 1 heterocycles. The smallest absolute Gasteiger partial charge is 0.269 e. The number of nitro groups is 1. The molecule has 0 fully saturated rings. The highest BCUT2D eigenvalue weighted by Crippen LogP contribution is 2.22. The highest BCUT2D eigenvalue weighted by Gasteiger charge is 2.26. The summed E-state index contributed by atoms with van der Waals surface area (Å²) in [5, 5.41) is 12.1. The van der Waals surface area contributed by atoms with Gasteiger partial charge in [-0.25, -0.2) is 0 Å². The lowest BCUT2D eigenvalue weighted by Gasteiger charge is -2.30. The van der Waals surface area contributed by atoms with Crippen molar-refractivity contribution in [3.05, 3.63) is 106 Å². The maximum absolute atomic E-state index is 13.8. The number of hydrogen-bond donors (Lipinski definition) is 1. The van der Waals surface area contributed by atoms with Crippen molar-refractivity contribution in [2.75, 3.05) is 20.2 Å². The maximum atomic E-state index is 13.8. The van der Waals surface area contributed by atoms with E-state index in [2.05, 4.69) is 11.1 Å². The third kappa shape index (κ3) is 6.43. The molecule has 0 atom stereocenters. The molecular formula is C30H32N4O5. The second-order valence-electron chi connectivity index (χ2n) is 9.57. The lowest BCUT2D eigenvalue weighted by Crippen LogP contribution is -2.46. The van der Waals surface area contributed by atoms with Gasteiger partial charge in [0.15, 0.2) is 0 Å². The van der Waals surface area contributed by atoms with Gasteiger partial charge in [-0.05, 0) is 50.1 Å². The number of para-hydroxylation sites is 2. The monoisotopic (exact) mass is 528 g/mol. The average molecular weight is 529 g/mol. The number of H-pyrrole nitrogens is 1. The van der Waals surface area contributed by atoms with E-state index in [1.807, 2.05) is 62.5 Å². The Kier molecular flexibility index (Phi) is 8.60. The van der Waals surface area contributed by atoms with Gasteiger partial charge in [0.25, 0.3) is 11.6 Å². The second kappa shape index (κ2) is 12.3. The van der Waals surface area contributed by atoms with Crippen LogP contribution < -0.4 is 4.74 Å². The largest absolute Gasteiger partial charge is 0.496 e. The van der Waals surface area contributed by atoms with E-state index >= 15 is 0 Å². The van der Waals surface area contributed by atoms with E-state index in [-0.39, 0.29) is 35.7 Å². The van der Waals surface area contributed by atoms with E-state index in [1.54, 1.807) is 12.0 Å². The number of fused-ring (bicyclic) bond motifs is 1. The number of benzene rings is 3. The molecule has 202 valence electrons. The normalized spacial score (nSPS) is 11.0. The van der Waals surface area contributed by atoms with Crippen molar-refractivity contribution in [3.63, 3.8) is 0 Å². The van der Waals surface area contributed by atoms with Crippen LogP contribution in [-0.4, -0.2) is 57.8 Å². The van der Waals surface area contributed by atoms with Gasteiger partial charge in [-0.3, -0.25) is 19.7 Å². The fourth-order valence-electron chi connectivity index (χ4n) is 4.55. The Bertz CT molecular complexity index is 1460. The number of nitrogens with one attached hydrogen (secondary N) is 1. The van der Waals surface area contributed by atoms with Crippen LogP contribution in [0, 0.1) is 10.1 Å². The fourth-order valence-corrected chi connectivity index (χ4v) is 4.55. The number of ether oxygens (including phenoxy) is 1. The number of nitrogens with zero attached hydrogens (tertiary/aromatic N) is 3. The first-order valence-electron chi connectivity index (χ1n) is 12.8. The number of amides is 2. The summed E-state index contributed by atoms with van der Waals surface area (Å²) < 4.78 is 5.52. The van der Waals surface area contributed by atoms with Crippen LogP contribution in [0.5, 0.6) is 5.75 Å². The Balaban J connectivity index is 1.57. The van der Waals surface area contributed by atoms with Crippen LogP contribution in [0.15, 0.2) is 79.0 Å². The van der Waals surface area contributed by atoms with E-state index in [0.29, 0.717) is 25.3 Å². The van der Waals surface area contributed by atoms with Crippen LogP contribution in [0.2, 0.25) is 0 Å². The van der Waals surface area contributed by atoms with Crippen molar-refractivity contribution in [2.45, 2.75) is 32.9 Å². The summed E-state index contributed by atoms with van der Waals surface area (Å²) in [5.41, 5.74) is 3.20. The van der Waals surface area contributed by atoms with Gasteiger partial charge in [0.05, 0.1) is 12.0 Å². The minimum Gasteiger partial charge on any atom is -0.496 e. The highest BCUT2D eigenvalue weighted by atomic mass is 16.6. The van der Waals surface area contributed by atoms with Gasteiger partial charge < -0.3 is 19.5 Å². The number of non-ortho nitro benzene ring substituents is 1. The first kappa shape index (κ1) is 27.4. The molecule has 2 amide bonds. The maximum Gasteiger partial charge on any atom is 0.269 e. The topological polar surface area (TPSA) is 109 Å². The van der Waals surface area contributed by atoms with Crippen LogP contribution in [0.1, 0.15) is 35.3 Å². The summed E-state index contributed by atoms with van der Waals surface area (Å²) in [4.78, 5) is 44.1. The predicted octanol–water partition coefficient (Wildman–Crippen LogP) is 5.21. The Morgan fingerprint density at radius 2 is 1.67 bits per heavy atom. The number of rotatable bonds is 11. The van der Waals surface area contributed by atoms with Gasteiger partial charge in [0.1, 0.15) is 12.3 Å². The third-order valence-electron chi connectivity index (χ3n) is 6.75. The summed E-state index contributed by atoms with van der Waals surface area (Å²) in [6.07, 6.45) is 2.60. The molecule has 0 aliphatic carbocycles. The molecule has 0 spiro atoms. The van der Waals surface area contributed by atoms with E-state index < -0.39 is 4.92 Å². The predicted molar refractivity (Wildman–Crippen MR) is 150 cm³/mol. The Labute approximate surface area is 227 Å². The number of aromatic nitrogens is 1. The molecule has 4 aromatic rings. The Hall–Kier alpha value is -4.66. The minimum atomic E-state index is -0.512. The van der Waals surface area contributed by atoms with E-state index in [1.165, 1.54) is 29.2 Å². The summed E-state index contributed by atoms with van der Waals surface area (Å²) in [6, 6.07) is 20.8. The number of aromatic amines is 1. The molecule has 0 radical (unpaired) electrons. The summed E-state index contributed by atoms with van der Waals surface area (Å²) in [5.74, 6) is 0.122. The molecule has 1 aromatic heterocycles. The molecule has 9 nitrogen and oxygen atoms in total. The Morgan fingerprint density at radius 3 is 2.36 bits per heavy atom. The van der Waals surface area contributed by atoms with Gasteiger partial charge in [-0.1, -0.05) is 36.4 Å². The number of carbonyl (C=O) groups is 2.